The highest BCUT2D eigenvalue weighted by Gasteiger charge is 2.17. The van der Waals surface area contributed by atoms with E-state index in [9.17, 15) is 9.59 Å². The summed E-state index contributed by atoms with van der Waals surface area (Å²) in [5, 5.41) is 11.9. The second-order valence-electron chi connectivity index (χ2n) is 6.62. The van der Waals surface area contributed by atoms with E-state index in [1.165, 1.54) is 16.7 Å². The lowest BCUT2D eigenvalue weighted by molar-refractivity contribution is -0.131. The minimum atomic E-state index is -0.233. The van der Waals surface area contributed by atoms with Crippen molar-refractivity contribution >= 4 is 55.8 Å². The number of carbonyl (C=O) groups excluding carboxylic acids is 2. The van der Waals surface area contributed by atoms with Gasteiger partial charge in [0.2, 0.25) is 16.8 Å². The molecule has 148 valence electrons. The molecule has 1 N–H and O–H groups in total. The molecule has 0 aliphatic carbocycles. The second-order valence-corrected chi connectivity index (χ2v) is 8.57. The summed E-state index contributed by atoms with van der Waals surface area (Å²) in [6.45, 7) is 1.97. The maximum Gasteiger partial charge on any atom is 0.243 e. The maximum atomic E-state index is 12.5. The molecule has 2 aromatic heterocycles. The van der Waals surface area contributed by atoms with Crippen molar-refractivity contribution in [2.75, 3.05) is 24.7 Å². The second kappa shape index (κ2) is 8.22. The van der Waals surface area contributed by atoms with E-state index in [0.29, 0.717) is 10.8 Å². The van der Waals surface area contributed by atoms with E-state index in [0.717, 1.165) is 20.7 Å². The zero-order valence-corrected chi connectivity index (χ0v) is 17.6. The Hall–Kier alpha value is -2.91. The number of aromatic nitrogens is 3. The summed E-state index contributed by atoms with van der Waals surface area (Å²) in [4.78, 5) is 26.9. The summed E-state index contributed by atoms with van der Waals surface area (Å²) in [5.74, 6) is -0.201. The molecule has 0 saturated carbocycles. The Bertz CT molecular complexity index is 1180. The van der Waals surface area contributed by atoms with Gasteiger partial charge in [-0.05, 0) is 31.2 Å². The Kier molecular flexibility index (Phi) is 5.50. The van der Waals surface area contributed by atoms with E-state index in [-0.39, 0.29) is 24.1 Å². The fourth-order valence-electron chi connectivity index (χ4n) is 2.83. The Morgan fingerprint density at radius 1 is 1.14 bits per heavy atom. The van der Waals surface area contributed by atoms with Gasteiger partial charge in [0.15, 0.2) is 5.16 Å². The minimum Gasteiger partial charge on any atom is -0.336 e. The van der Waals surface area contributed by atoms with Crippen molar-refractivity contribution in [1.29, 1.82) is 0 Å². The number of aryl methyl sites for hydroxylation is 1. The summed E-state index contributed by atoms with van der Waals surface area (Å²) < 4.78 is 3.08. The van der Waals surface area contributed by atoms with Crippen LogP contribution in [0.4, 0.5) is 5.69 Å². The molecule has 4 rings (SSSR count). The molecule has 0 unspecified atom stereocenters. The van der Waals surface area contributed by atoms with Crippen LogP contribution >= 0.6 is 23.1 Å². The summed E-state index contributed by atoms with van der Waals surface area (Å²) in [6.07, 6.45) is 0. The number of nitrogens with zero attached hydrogens (tertiary/aromatic N) is 4. The zero-order valence-electron chi connectivity index (χ0n) is 16.0. The average Bonchev–Trinajstić information content (AvgIpc) is 3.27. The minimum absolute atomic E-state index is 0.0100. The highest BCUT2D eigenvalue weighted by atomic mass is 32.2. The van der Waals surface area contributed by atoms with Gasteiger partial charge in [-0.1, -0.05) is 52.9 Å². The molecule has 0 radical (unpaired) electrons. The lowest BCUT2D eigenvalue weighted by atomic mass is 10.2. The van der Waals surface area contributed by atoms with Gasteiger partial charge < -0.3 is 10.2 Å². The van der Waals surface area contributed by atoms with E-state index in [2.05, 4.69) is 15.5 Å². The molecule has 2 amide bonds. The molecule has 0 bridgehead atoms. The number of thiazole rings is 1. The number of likely N-dealkylation sites (N-methyl/N-ethyl adjacent to an activating group) is 1. The molecule has 0 aliphatic rings. The van der Waals surface area contributed by atoms with Crippen LogP contribution in [-0.2, 0) is 9.59 Å². The molecule has 29 heavy (non-hydrogen) atoms. The van der Waals surface area contributed by atoms with Gasteiger partial charge in [-0.25, -0.2) is 0 Å². The normalized spacial score (nSPS) is 11.1. The first-order valence-electron chi connectivity index (χ1n) is 8.97. The van der Waals surface area contributed by atoms with Gasteiger partial charge in [-0.15, -0.1) is 10.2 Å². The van der Waals surface area contributed by atoms with E-state index < -0.39 is 0 Å². The van der Waals surface area contributed by atoms with Crippen molar-refractivity contribution in [3.8, 4) is 0 Å². The van der Waals surface area contributed by atoms with Crippen molar-refractivity contribution < 1.29 is 9.59 Å². The van der Waals surface area contributed by atoms with Gasteiger partial charge in [0, 0.05) is 12.7 Å². The van der Waals surface area contributed by atoms with Crippen molar-refractivity contribution in [2.45, 2.75) is 12.1 Å². The average molecular weight is 426 g/mol. The number of fused-ring (bicyclic) bond motifs is 3. The fourth-order valence-corrected chi connectivity index (χ4v) is 4.73. The number of carbonyl (C=O) groups is 2. The number of amides is 2. The summed E-state index contributed by atoms with van der Waals surface area (Å²) in [7, 11) is 1.62. The number of benzene rings is 2. The van der Waals surface area contributed by atoms with Crippen LogP contribution in [0.25, 0.3) is 15.2 Å². The number of anilines is 1. The molecular formula is C20H19N5O2S2. The molecule has 0 saturated heterocycles. The lowest BCUT2D eigenvalue weighted by Gasteiger charge is -2.16. The first-order chi connectivity index (χ1) is 14.0. The molecule has 2 heterocycles. The summed E-state index contributed by atoms with van der Waals surface area (Å²) in [5.41, 5.74) is 2.86. The summed E-state index contributed by atoms with van der Waals surface area (Å²) >= 11 is 2.88. The Balaban J connectivity index is 1.36. The molecule has 7 nitrogen and oxygen atoms in total. The van der Waals surface area contributed by atoms with E-state index in [1.807, 2.05) is 59.9 Å². The molecule has 4 aromatic rings. The van der Waals surface area contributed by atoms with Gasteiger partial charge >= 0.3 is 0 Å². The number of hydrogen-bond acceptors (Lipinski definition) is 6. The van der Waals surface area contributed by atoms with Crippen LogP contribution in [0.2, 0.25) is 0 Å². The SMILES string of the molecule is Cc1ccc(NC(=O)CN(C)C(=O)CSc2nnc3sc4ccccc4n23)cc1. The van der Waals surface area contributed by atoms with Gasteiger partial charge in [0.1, 0.15) is 0 Å². The van der Waals surface area contributed by atoms with Crippen LogP contribution in [0.1, 0.15) is 5.56 Å². The first-order valence-corrected chi connectivity index (χ1v) is 10.8. The van der Waals surface area contributed by atoms with E-state index in [4.69, 9.17) is 0 Å². The number of thioether (sulfide) groups is 1. The van der Waals surface area contributed by atoms with E-state index >= 15 is 0 Å². The Morgan fingerprint density at radius 3 is 2.69 bits per heavy atom. The van der Waals surface area contributed by atoms with Gasteiger partial charge in [-0.2, -0.15) is 0 Å². The van der Waals surface area contributed by atoms with Crippen molar-refractivity contribution in [3.05, 3.63) is 54.1 Å². The topological polar surface area (TPSA) is 79.6 Å². The fraction of sp³-hybridized carbons (Fsp3) is 0.200. The molecule has 0 aliphatic heterocycles. The van der Waals surface area contributed by atoms with Crippen LogP contribution in [-0.4, -0.2) is 50.7 Å². The van der Waals surface area contributed by atoms with Crippen LogP contribution in [0, 0.1) is 6.92 Å². The molecule has 0 spiro atoms. The summed E-state index contributed by atoms with van der Waals surface area (Å²) in [6, 6.07) is 15.5. The quantitative estimate of drug-likeness (QED) is 0.479. The molecule has 0 atom stereocenters. The standard InChI is InChI=1S/C20H19N5O2S2/c1-13-7-9-14(10-8-13)21-17(26)11-24(2)18(27)12-28-19-22-23-20-25(19)15-5-3-4-6-16(15)29-20/h3-10H,11-12H2,1-2H3,(H,21,26). The largest absolute Gasteiger partial charge is 0.336 e. The Labute approximate surface area is 175 Å². The highest BCUT2D eigenvalue weighted by Crippen LogP contribution is 2.29. The Morgan fingerprint density at radius 2 is 1.90 bits per heavy atom. The van der Waals surface area contributed by atoms with Gasteiger partial charge in [0.25, 0.3) is 0 Å². The van der Waals surface area contributed by atoms with Crippen molar-refractivity contribution in [2.24, 2.45) is 0 Å². The number of hydrogen-bond donors (Lipinski definition) is 1. The predicted molar refractivity (Wildman–Crippen MR) is 117 cm³/mol. The predicted octanol–water partition coefficient (Wildman–Crippen LogP) is 3.44. The third kappa shape index (κ3) is 4.25. The van der Waals surface area contributed by atoms with Crippen LogP contribution in [0.15, 0.2) is 53.7 Å². The van der Waals surface area contributed by atoms with Crippen molar-refractivity contribution in [1.82, 2.24) is 19.5 Å². The highest BCUT2D eigenvalue weighted by molar-refractivity contribution is 7.99. The number of rotatable bonds is 6. The van der Waals surface area contributed by atoms with Gasteiger partial charge in [0.05, 0.1) is 22.5 Å². The van der Waals surface area contributed by atoms with E-state index in [1.54, 1.807) is 18.4 Å². The first kappa shape index (κ1) is 19.4. The maximum absolute atomic E-state index is 12.5. The van der Waals surface area contributed by atoms with Crippen LogP contribution < -0.4 is 5.32 Å². The third-order valence-corrected chi connectivity index (χ3v) is 6.30. The smallest absolute Gasteiger partial charge is 0.243 e. The lowest BCUT2D eigenvalue weighted by Crippen LogP contribution is -2.36. The number of nitrogens with one attached hydrogen (secondary N) is 1. The van der Waals surface area contributed by atoms with Crippen LogP contribution in [0.5, 0.6) is 0 Å². The van der Waals surface area contributed by atoms with Crippen molar-refractivity contribution in [3.63, 3.8) is 0 Å². The van der Waals surface area contributed by atoms with Gasteiger partial charge in [-0.3, -0.25) is 14.0 Å². The molecule has 9 heteroatoms. The monoisotopic (exact) mass is 425 g/mol. The number of para-hydroxylation sites is 1. The third-order valence-electron chi connectivity index (χ3n) is 4.38. The molecule has 2 aromatic carbocycles. The molecule has 0 fully saturated rings. The molecular weight excluding hydrogens is 406 g/mol. The zero-order chi connectivity index (χ0) is 20.4. The van der Waals surface area contributed by atoms with Crippen LogP contribution in [0.3, 0.4) is 0 Å².